The molecule has 5 heteroatoms. The molecule has 2 heterocycles. The van der Waals surface area contributed by atoms with Crippen LogP contribution in [0.25, 0.3) is 0 Å². The lowest BCUT2D eigenvalue weighted by Gasteiger charge is -2.18. The first-order chi connectivity index (χ1) is 10.0. The summed E-state index contributed by atoms with van der Waals surface area (Å²) in [5, 5.41) is 2.05. The molecular formula is C16H23ClO2SSi. The Bertz CT molecular complexity index is 525. The van der Waals surface area contributed by atoms with Gasteiger partial charge >= 0.3 is 0 Å². The molecule has 1 aromatic heterocycles. The quantitative estimate of drug-likeness (QED) is 0.328. The second-order valence-electron chi connectivity index (χ2n) is 6.25. The Morgan fingerprint density at radius 1 is 1.29 bits per heavy atom. The number of rotatable bonds is 5. The molecule has 0 N–H and O–H groups in total. The number of alkyl halides is 1. The Morgan fingerprint density at radius 3 is 2.76 bits per heavy atom. The Labute approximate surface area is 137 Å². The fourth-order valence-electron chi connectivity index (χ4n) is 2.14. The average Bonchev–Trinajstić information content (AvgIpc) is 2.85. The third-order valence-corrected chi connectivity index (χ3v) is 5.36. The van der Waals surface area contributed by atoms with E-state index in [2.05, 4.69) is 36.5 Å². The Kier molecular flexibility index (Phi) is 6.04. The molecule has 0 spiro atoms. The van der Waals surface area contributed by atoms with Gasteiger partial charge in [-0.1, -0.05) is 26.1 Å². The minimum atomic E-state index is -1.37. The lowest BCUT2D eigenvalue weighted by atomic mass is 10.0. The van der Waals surface area contributed by atoms with Gasteiger partial charge in [0, 0.05) is 11.3 Å². The van der Waals surface area contributed by atoms with Crippen LogP contribution in [-0.4, -0.2) is 27.2 Å². The third kappa shape index (κ3) is 4.95. The summed E-state index contributed by atoms with van der Waals surface area (Å²) >= 11 is 7.52. The Hall–Kier alpha value is -0.633. The molecule has 1 atom stereocenters. The summed E-state index contributed by atoms with van der Waals surface area (Å²) < 4.78 is 11.5. The molecular weight excluding hydrogens is 320 g/mol. The zero-order valence-electron chi connectivity index (χ0n) is 13.0. The van der Waals surface area contributed by atoms with Gasteiger partial charge in [-0.3, -0.25) is 0 Å². The van der Waals surface area contributed by atoms with Crippen molar-refractivity contribution in [2.75, 3.05) is 19.1 Å². The third-order valence-electron chi connectivity index (χ3n) is 3.14. The van der Waals surface area contributed by atoms with Crippen LogP contribution in [-0.2, 0) is 0 Å². The summed E-state index contributed by atoms with van der Waals surface area (Å²) in [5.74, 6) is 6.29. The van der Waals surface area contributed by atoms with Gasteiger partial charge in [-0.15, -0.1) is 34.4 Å². The van der Waals surface area contributed by atoms with E-state index < -0.39 is 8.07 Å². The van der Waals surface area contributed by atoms with Crippen molar-refractivity contribution in [3.05, 3.63) is 10.3 Å². The zero-order chi connectivity index (χ0) is 15.3. The van der Waals surface area contributed by atoms with Crippen molar-refractivity contribution in [3.8, 4) is 23.0 Å². The van der Waals surface area contributed by atoms with Gasteiger partial charge in [0.15, 0.2) is 11.5 Å². The number of fused-ring (bicyclic) bond motifs is 1. The van der Waals surface area contributed by atoms with E-state index in [1.807, 2.05) is 0 Å². The molecule has 2 nitrogen and oxygen atoms in total. The zero-order valence-corrected chi connectivity index (χ0v) is 15.6. The molecule has 0 radical (unpaired) electrons. The van der Waals surface area contributed by atoms with Gasteiger partial charge in [-0.25, -0.2) is 0 Å². The van der Waals surface area contributed by atoms with Crippen molar-refractivity contribution in [3.63, 3.8) is 0 Å². The van der Waals surface area contributed by atoms with Crippen LogP contribution in [0.15, 0.2) is 5.38 Å². The normalized spacial score (nSPS) is 15.2. The van der Waals surface area contributed by atoms with Crippen molar-refractivity contribution in [2.24, 2.45) is 0 Å². The summed E-state index contributed by atoms with van der Waals surface area (Å²) in [6, 6.07) is 0. The summed E-state index contributed by atoms with van der Waals surface area (Å²) in [6.45, 7) is 8.10. The standard InChI is InChI=1S/C16H23ClO2SSi/c1-21(2,3)11-7-13(6-4-5-8-17)16-15-14(12-20-16)18-9-10-19-15/h12-13H,4-6,8-10H2,1-3H3/t13-/m0/s1. The monoisotopic (exact) mass is 342 g/mol. The second kappa shape index (κ2) is 7.58. The number of ether oxygens (including phenoxy) is 2. The van der Waals surface area contributed by atoms with Gasteiger partial charge in [0.1, 0.15) is 21.3 Å². The van der Waals surface area contributed by atoms with E-state index in [1.165, 1.54) is 4.88 Å². The van der Waals surface area contributed by atoms with Crippen LogP contribution in [0, 0.1) is 11.5 Å². The Morgan fingerprint density at radius 2 is 2.05 bits per heavy atom. The molecule has 0 aromatic carbocycles. The predicted octanol–water partition coefficient (Wildman–Crippen LogP) is 4.89. The molecule has 0 amide bonds. The maximum Gasteiger partial charge on any atom is 0.176 e. The molecule has 116 valence electrons. The van der Waals surface area contributed by atoms with E-state index in [0.29, 0.717) is 13.2 Å². The summed E-state index contributed by atoms with van der Waals surface area (Å²) in [5.41, 5.74) is 3.51. The van der Waals surface area contributed by atoms with Crippen molar-refractivity contribution < 1.29 is 9.47 Å². The molecule has 0 aliphatic carbocycles. The highest BCUT2D eigenvalue weighted by Crippen LogP contribution is 2.44. The van der Waals surface area contributed by atoms with Gasteiger partial charge in [0.25, 0.3) is 0 Å². The lowest BCUT2D eigenvalue weighted by molar-refractivity contribution is 0.171. The molecule has 1 aromatic rings. The van der Waals surface area contributed by atoms with Gasteiger partial charge in [0.2, 0.25) is 0 Å². The first kappa shape index (κ1) is 16.7. The van der Waals surface area contributed by atoms with E-state index in [4.69, 9.17) is 21.1 Å². The number of halogens is 1. The highest BCUT2D eigenvalue weighted by atomic mass is 35.5. The highest BCUT2D eigenvalue weighted by molar-refractivity contribution is 7.10. The predicted molar refractivity (Wildman–Crippen MR) is 93.7 cm³/mol. The molecule has 1 aliphatic rings. The number of hydrogen-bond acceptors (Lipinski definition) is 3. The van der Waals surface area contributed by atoms with Gasteiger partial charge in [-0.05, 0) is 12.8 Å². The first-order valence-electron chi connectivity index (χ1n) is 7.47. The molecule has 21 heavy (non-hydrogen) atoms. The van der Waals surface area contributed by atoms with E-state index in [-0.39, 0.29) is 5.92 Å². The van der Waals surface area contributed by atoms with Gasteiger partial charge in [0.05, 0.1) is 10.8 Å². The summed E-state index contributed by atoms with van der Waals surface area (Å²) in [6.07, 6.45) is 3.18. The highest BCUT2D eigenvalue weighted by Gasteiger charge is 2.24. The minimum Gasteiger partial charge on any atom is -0.485 e. The van der Waals surface area contributed by atoms with Crippen LogP contribution in [0.1, 0.15) is 30.1 Å². The van der Waals surface area contributed by atoms with E-state index >= 15 is 0 Å². The maximum absolute atomic E-state index is 5.82. The van der Waals surface area contributed by atoms with Crippen LogP contribution in [0.4, 0.5) is 0 Å². The van der Waals surface area contributed by atoms with Crippen molar-refractivity contribution in [1.29, 1.82) is 0 Å². The molecule has 0 bridgehead atoms. The topological polar surface area (TPSA) is 18.5 Å². The molecule has 2 rings (SSSR count). The van der Waals surface area contributed by atoms with Crippen LogP contribution in [0.2, 0.25) is 19.6 Å². The Balaban J connectivity index is 2.21. The van der Waals surface area contributed by atoms with Gasteiger partial charge in [-0.2, -0.15) is 0 Å². The van der Waals surface area contributed by atoms with Crippen LogP contribution < -0.4 is 9.47 Å². The van der Waals surface area contributed by atoms with E-state index in [9.17, 15) is 0 Å². The van der Waals surface area contributed by atoms with Gasteiger partial charge < -0.3 is 9.47 Å². The molecule has 1 aliphatic heterocycles. The number of thiophene rings is 1. The van der Waals surface area contributed by atoms with Crippen molar-refractivity contribution in [2.45, 2.75) is 44.8 Å². The van der Waals surface area contributed by atoms with Crippen LogP contribution in [0.5, 0.6) is 11.5 Å². The van der Waals surface area contributed by atoms with Crippen LogP contribution >= 0.6 is 22.9 Å². The fraction of sp³-hybridized carbons (Fsp3) is 0.625. The van der Waals surface area contributed by atoms with Crippen LogP contribution in [0.3, 0.4) is 0 Å². The largest absolute Gasteiger partial charge is 0.485 e. The molecule has 0 saturated heterocycles. The second-order valence-corrected chi connectivity index (χ2v) is 12.3. The van der Waals surface area contributed by atoms with Crippen molar-refractivity contribution >= 4 is 31.0 Å². The van der Waals surface area contributed by atoms with E-state index in [0.717, 1.165) is 36.6 Å². The smallest absolute Gasteiger partial charge is 0.176 e. The lowest BCUT2D eigenvalue weighted by Crippen LogP contribution is -2.17. The number of unbranched alkanes of at least 4 members (excludes halogenated alkanes) is 1. The number of hydrogen-bond donors (Lipinski definition) is 0. The molecule has 0 fully saturated rings. The SMILES string of the molecule is C[Si](C)(C)C#C[C@H](CCCCCl)c1scc2c1OCCO2. The fourth-order valence-corrected chi connectivity index (χ4v) is 3.95. The summed E-state index contributed by atoms with van der Waals surface area (Å²) in [7, 11) is -1.37. The minimum absolute atomic E-state index is 0.246. The average molecular weight is 343 g/mol. The molecule has 0 saturated carbocycles. The first-order valence-corrected chi connectivity index (χ1v) is 12.4. The van der Waals surface area contributed by atoms with Crippen molar-refractivity contribution in [1.82, 2.24) is 0 Å². The molecule has 0 unspecified atom stereocenters. The summed E-state index contributed by atoms with van der Waals surface area (Å²) in [4.78, 5) is 1.23. The van der Waals surface area contributed by atoms with E-state index in [1.54, 1.807) is 11.3 Å². The maximum atomic E-state index is 5.82.